The van der Waals surface area contributed by atoms with Gasteiger partial charge in [-0.1, -0.05) is 24.3 Å². The molecule has 5 nitrogen and oxygen atoms in total. The van der Waals surface area contributed by atoms with Crippen molar-refractivity contribution in [2.24, 2.45) is 5.14 Å². The monoisotopic (exact) mass is 305 g/mol. The van der Waals surface area contributed by atoms with Crippen LogP contribution >= 0.6 is 10.7 Å². The maximum Gasteiger partial charge on any atom is 0.261 e. The summed E-state index contributed by atoms with van der Waals surface area (Å²) in [6.45, 7) is 0. The fraction of sp³-hybridized carbons (Fsp3) is 0. The van der Waals surface area contributed by atoms with Crippen LogP contribution in [0.4, 0.5) is 0 Å². The van der Waals surface area contributed by atoms with Crippen LogP contribution in [0.5, 0.6) is 0 Å². The van der Waals surface area contributed by atoms with Crippen LogP contribution in [0, 0.1) is 0 Å². The molecule has 0 spiro atoms. The van der Waals surface area contributed by atoms with Gasteiger partial charge < -0.3 is 0 Å². The summed E-state index contributed by atoms with van der Waals surface area (Å²) in [4.78, 5) is -0.283. The highest BCUT2D eigenvalue weighted by atomic mass is 35.7. The molecule has 0 fully saturated rings. The average Bonchev–Trinajstić information content (AvgIpc) is 2.24. The zero-order chi connectivity index (χ0) is 13.6. The Morgan fingerprint density at radius 1 is 0.833 bits per heavy atom. The molecule has 0 amide bonds. The van der Waals surface area contributed by atoms with E-state index >= 15 is 0 Å². The molecule has 0 aromatic heterocycles. The third-order valence-corrected chi connectivity index (χ3v) is 4.76. The molecule has 0 aliphatic heterocycles. The number of rotatable bonds is 2. The van der Waals surface area contributed by atoms with Crippen LogP contribution in [0.2, 0.25) is 0 Å². The van der Waals surface area contributed by atoms with Crippen molar-refractivity contribution >= 4 is 40.5 Å². The number of halogens is 1. The lowest BCUT2D eigenvalue weighted by Crippen LogP contribution is -2.13. The van der Waals surface area contributed by atoms with E-state index in [1.807, 2.05) is 0 Å². The highest BCUT2D eigenvalue weighted by Crippen LogP contribution is 2.29. The lowest BCUT2D eigenvalue weighted by atomic mass is 10.1. The molecule has 2 rings (SSSR count). The molecule has 0 unspecified atom stereocenters. The highest BCUT2D eigenvalue weighted by Gasteiger charge is 2.19. The zero-order valence-electron chi connectivity index (χ0n) is 8.87. The SMILES string of the molecule is NS(=O)(=O)c1ccc(S(=O)(=O)Cl)c2ccccc12. The minimum absolute atomic E-state index is 0.137. The Kier molecular flexibility index (Phi) is 3.10. The Labute approximate surface area is 109 Å². The van der Waals surface area contributed by atoms with E-state index in [9.17, 15) is 16.8 Å². The Balaban J connectivity index is 3.01. The van der Waals surface area contributed by atoms with Crippen molar-refractivity contribution in [3.63, 3.8) is 0 Å². The maximum atomic E-state index is 11.4. The van der Waals surface area contributed by atoms with Crippen LogP contribution in [0.25, 0.3) is 10.8 Å². The van der Waals surface area contributed by atoms with Gasteiger partial charge in [-0.05, 0) is 12.1 Å². The van der Waals surface area contributed by atoms with Crippen molar-refractivity contribution in [2.45, 2.75) is 9.79 Å². The second-order valence-corrected chi connectivity index (χ2v) is 7.65. The van der Waals surface area contributed by atoms with E-state index in [-0.39, 0.29) is 20.6 Å². The van der Waals surface area contributed by atoms with Gasteiger partial charge in [0, 0.05) is 21.5 Å². The minimum Gasteiger partial charge on any atom is -0.225 e. The predicted molar refractivity (Wildman–Crippen MR) is 68.4 cm³/mol. The first-order chi connectivity index (χ1) is 8.21. The van der Waals surface area contributed by atoms with Crippen molar-refractivity contribution in [3.05, 3.63) is 36.4 Å². The molecule has 0 radical (unpaired) electrons. The van der Waals surface area contributed by atoms with E-state index in [0.717, 1.165) is 12.1 Å². The molecule has 18 heavy (non-hydrogen) atoms. The molecule has 0 saturated carbocycles. The molecule has 0 heterocycles. The molecule has 2 aromatic rings. The van der Waals surface area contributed by atoms with Gasteiger partial charge in [0.25, 0.3) is 9.05 Å². The Hall–Kier alpha value is -1.15. The lowest BCUT2D eigenvalue weighted by molar-refractivity contribution is 0.598. The summed E-state index contributed by atoms with van der Waals surface area (Å²) in [6.07, 6.45) is 0. The van der Waals surface area contributed by atoms with Crippen LogP contribution in [0.3, 0.4) is 0 Å². The summed E-state index contributed by atoms with van der Waals surface area (Å²) in [6, 6.07) is 8.37. The van der Waals surface area contributed by atoms with Crippen molar-refractivity contribution in [2.75, 3.05) is 0 Å². The van der Waals surface area contributed by atoms with Crippen LogP contribution in [-0.4, -0.2) is 16.8 Å². The molecule has 2 aromatic carbocycles. The van der Waals surface area contributed by atoms with Crippen LogP contribution in [0.15, 0.2) is 46.2 Å². The largest absolute Gasteiger partial charge is 0.261 e. The van der Waals surface area contributed by atoms with Crippen molar-refractivity contribution in [1.29, 1.82) is 0 Å². The summed E-state index contributed by atoms with van der Waals surface area (Å²) in [7, 11) is -2.59. The van der Waals surface area contributed by atoms with Crippen LogP contribution in [0.1, 0.15) is 0 Å². The number of hydrogen-bond acceptors (Lipinski definition) is 4. The van der Waals surface area contributed by atoms with Crippen molar-refractivity contribution in [1.82, 2.24) is 0 Å². The zero-order valence-corrected chi connectivity index (χ0v) is 11.3. The normalized spacial score (nSPS) is 12.8. The Bertz CT molecular complexity index is 758. The number of fused-ring (bicyclic) bond motifs is 1. The van der Waals surface area contributed by atoms with Gasteiger partial charge in [-0.15, -0.1) is 0 Å². The second kappa shape index (κ2) is 4.20. The summed E-state index contributed by atoms with van der Waals surface area (Å²) in [5.74, 6) is 0. The third kappa shape index (κ3) is 2.35. The summed E-state index contributed by atoms with van der Waals surface area (Å²) in [5.41, 5.74) is 0. The Morgan fingerprint density at radius 2 is 1.28 bits per heavy atom. The number of nitrogens with two attached hydrogens (primary N) is 1. The van der Waals surface area contributed by atoms with Gasteiger partial charge in [0.15, 0.2) is 0 Å². The maximum absolute atomic E-state index is 11.4. The predicted octanol–water partition coefficient (Wildman–Crippen LogP) is 1.41. The molecule has 2 N–H and O–H groups in total. The van der Waals surface area contributed by atoms with E-state index in [1.165, 1.54) is 12.1 Å². The smallest absolute Gasteiger partial charge is 0.225 e. The quantitative estimate of drug-likeness (QED) is 0.849. The van der Waals surface area contributed by atoms with Gasteiger partial charge >= 0.3 is 0 Å². The molecule has 96 valence electrons. The molecule has 0 bridgehead atoms. The van der Waals surface area contributed by atoms with Crippen LogP contribution in [-0.2, 0) is 19.1 Å². The molecular weight excluding hydrogens is 298 g/mol. The van der Waals surface area contributed by atoms with E-state index in [4.69, 9.17) is 15.8 Å². The Morgan fingerprint density at radius 3 is 1.72 bits per heavy atom. The molecule has 8 heteroatoms. The fourth-order valence-electron chi connectivity index (χ4n) is 1.70. The van der Waals surface area contributed by atoms with Gasteiger partial charge in [-0.2, -0.15) is 0 Å². The fourth-order valence-corrected chi connectivity index (χ4v) is 3.52. The molecule has 0 atom stereocenters. The number of hydrogen-bond donors (Lipinski definition) is 1. The topological polar surface area (TPSA) is 94.3 Å². The first kappa shape index (κ1) is 13.3. The third-order valence-electron chi connectivity index (χ3n) is 2.41. The van der Waals surface area contributed by atoms with Crippen molar-refractivity contribution in [3.8, 4) is 0 Å². The summed E-state index contributed by atoms with van der Waals surface area (Å²) < 4.78 is 45.6. The van der Waals surface area contributed by atoms with Gasteiger partial charge in [-0.25, -0.2) is 22.0 Å². The highest BCUT2D eigenvalue weighted by molar-refractivity contribution is 8.14. The summed E-state index contributed by atoms with van der Waals surface area (Å²) >= 11 is 0. The minimum atomic E-state index is -3.96. The molecule has 0 aliphatic carbocycles. The lowest BCUT2D eigenvalue weighted by Gasteiger charge is -2.07. The summed E-state index contributed by atoms with van der Waals surface area (Å²) in [5, 5.41) is 5.52. The van der Waals surface area contributed by atoms with Crippen molar-refractivity contribution < 1.29 is 16.8 Å². The molecular formula is C10H8ClNO4S2. The second-order valence-electron chi connectivity index (χ2n) is 3.59. The van der Waals surface area contributed by atoms with Crippen LogP contribution < -0.4 is 5.14 Å². The van der Waals surface area contributed by atoms with E-state index < -0.39 is 19.1 Å². The number of sulfonamides is 1. The van der Waals surface area contributed by atoms with Gasteiger partial charge in [0.2, 0.25) is 10.0 Å². The number of primary sulfonamides is 1. The standard InChI is InChI=1S/C10H8ClNO4S2/c11-17(13,14)9-5-6-10(18(12,15)16)8-4-2-1-3-7(8)9/h1-6H,(H2,12,15,16). The molecule has 0 aliphatic rings. The van der Waals surface area contributed by atoms with E-state index in [1.54, 1.807) is 12.1 Å². The molecule has 0 saturated heterocycles. The first-order valence-electron chi connectivity index (χ1n) is 4.70. The van der Waals surface area contributed by atoms with Gasteiger partial charge in [-0.3, -0.25) is 0 Å². The van der Waals surface area contributed by atoms with Gasteiger partial charge in [0.05, 0.1) is 9.79 Å². The first-order valence-corrected chi connectivity index (χ1v) is 8.56. The van der Waals surface area contributed by atoms with E-state index in [2.05, 4.69) is 0 Å². The average molecular weight is 306 g/mol. The van der Waals surface area contributed by atoms with E-state index in [0.29, 0.717) is 0 Å². The number of benzene rings is 2. The van der Waals surface area contributed by atoms with Gasteiger partial charge in [0.1, 0.15) is 0 Å².